The second kappa shape index (κ2) is 59.4. The second-order valence-electron chi connectivity index (χ2n) is 20.6. The highest BCUT2D eigenvalue weighted by Gasteiger charge is 2.17. The Morgan fingerprint density at radius 1 is 0.324 bits per heavy atom. The highest BCUT2D eigenvalue weighted by Crippen LogP contribution is 2.17. The maximum Gasteiger partial charge on any atom is 0.306 e. The predicted octanol–water partition coefficient (Wildman–Crippen LogP) is 20.9. The van der Waals surface area contributed by atoms with Crippen LogP contribution < -0.4 is 0 Å². The molecule has 5 nitrogen and oxygen atoms in total. The number of esters is 2. The molecule has 68 heavy (non-hydrogen) atoms. The number of ether oxygens (including phenoxy) is 3. The number of hydrogen-bond donors (Lipinski definition) is 0. The average Bonchev–Trinajstić information content (AvgIpc) is 3.34. The molecule has 0 amide bonds. The van der Waals surface area contributed by atoms with Crippen LogP contribution in [0.1, 0.15) is 329 Å². The minimum Gasteiger partial charge on any atom is -0.462 e. The Hall–Kier alpha value is -1.88. The predicted molar refractivity (Wildman–Crippen MR) is 298 cm³/mol. The van der Waals surface area contributed by atoms with Crippen molar-refractivity contribution in [3.63, 3.8) is 0 Å². The van der Waals surface area contributed by atoms with Crippen LogP contribution in [-0.4, -0.2) is 37.9 Å². The zero-order valence-electron chi connectivity index (χ0n) is 46.1. The number of allylic oxidation sites excluding steroid dienone is 6. The van der Waals surface area contributed by atoms with Gasteiger partial charge in [-0.05, 0) is 77.0 Å². The van der Waals surface area contributed by atoms with Gasteiger partial charge < -0.3 is 14.2 Å². The van der Waals surface area contributed by atoms with Gasteiger partial charge in [0.25, 0.3) is 0 Å². The van der Waals surface area contributed by atoms with E-state index in [9.17, 15) is 9.59 Å². The van der Waals surface area contributed by atoms with E-state index in [0.717, 1.165) is 44.9 Å². The van der Waals surface area contributed by atoms with Crippen molar-refractivity contribution in [2.24, 2.45) is 0 Å². The number of unbranched alkanes of at least 4 members (excludes halogenated alkanes) is 40. The van der Waals surface area contributed by atoms with Crippen LogP contribution in [0.15, 0.2) is 36.5 Å². The lowest BCUT2D eigenvalue weighted by atomic mass is 10.0. The van der Waals surface area contributed by atoms with Gasteiger partial charge in [-0.1, -0.05) is 276 Å². The SMILES string of the molecule is CCCCC/C=C\C/C=C\CCCCCCCCCC(=O)OC[C@@H](COCCCCCCCCCCCCCCCCCC)OC(=O)CCCCCCCCCCC/C=C\CCCCCCCC. The van der Waals surface area contributed by atoms with Gasteiger partial charge in [0, 0.05) is 19.4 Å². The van der Waals surface area contributed by atoms with Crippen LogP contribution in [0.25, 0.3) is 0 Å². The van der Waals surface area contributed by atoms with E-state index in [0.29, 0.717) is 26.1 Å². The molecule has 0 bridgehead atoms. The molecular weight excluding hydrogens is 837 g/mol. The maximum atomic E-state index is 12.9. The minimum atomic E-state index is -0.537. The Morgan fingerprint density at radius 3 is 1.01 bits per heavy atom. The van der Waals surface area contributed by atoms with Gasteiger partial charge in [-0.3, -0.25) is 9.59 Å². The van der Waals surface area contributed by atoms with E-state index in [-0.39, 0.29) is 18.5 Å². The summed E-state index contributed by atoms with van der Waals surface area (Å²) in [5.41, 5.74) is 0. The quantitative estimate of drug-likeness (QED) is 0.0345. The van der Waals surface area contributed by atoms with E-state index in [4.69, 9.17) is 14.2 Å². The zero-order valence-corrected chi connectivity index (χ0v) is 46.1. The third kappa shape index (κ3) is 56.7. The Kier molecular flexibility index (Phi) is 57.8. The van der Waals surface area contributed by atoms with Crippen LogP contribution in [0, 0.1) is 0 Å². The molecule has 5 heteroatoms. The lowest BCUT2D eigenvalue weighted by molar-refractivity contribution is -0.163. The van der Waals surface area contributed by atoms with Gasteiger partial charge in [-0.2, -0.15) is 0 Å². The normalized spacial score (nSPS) is 12.3. The molecule has 0 aliphatic rings. The summed E-state index contributed by atoms with van der Waals surface area (Å²) in [6.45, 7) is 7.86. The highest BCUT2D eigenvalue weighted by atomic mass is 16.6. The number of rotatable bonds is 57. The van der Waals surface area contributed by atoms with Gasteiger partial charge in [0.1, 0.15) is 6.61 Å². The van der Waals surface area contributed by atoms with Gasteiger partial charge in [-0.15, -0.1) is 0 Å². The van der Waals surface area contributed by atoms with Crippen LogP contribution in [0.4, 0.5) is 0 Å². The maximum absolute atomic E-state index is 12.9. The molecule has 0 aromatic rings. The van der Waals surface area contributed by atoms with Gasteiger partial charge in [0.2, 0.25) is 0 Å². The van der Waals surface area contributed by atoms with Crippen LogP contribution in [0.2, 0.25) is 0 Å². The summed E-state index contributed by atoms with van der Waals surface area (Å²) in [7, 11) is 0. The first-order chi connectivity index (χ1) is 33.6. The fourth-order valence-electron chi connectivity index (χ4n) is 9.07. The van der Waals surface area contributed by atoms with E-state index >= 15 is 0 Å². The van der Waals surface area contributed by atoms with Crippen molar-refractivity contribution >= 4 is 11.9 Å². The van der Waals surface area contributed by atoms with Crippen molar-refractivity contribution in [3.8, 4) is 0 Å². The third-order valence-electron chi connectivity index (χ3n) is 13.6. The molecule has 0 aliphatic carbocycles. The van der Waals surface area contributed by atoms with Gasteiger partial charge >= 0.3 is 11.9 Å². The number of carbonyl (C=O) groups excluding carboxylic acids is 2. The van der Waals surface area contributed by atoms with E-state index in [1.165, 1.54) is 250 Å². The van der Waals surface area contributed by atoms with Crippen LogP contribution >= 0.6 is 0 Å². The summed E-state index contributed by atoms with van der Waals surface area (Å²) in [5, 5.41) is 0. The Bertz CT molecular complexity index is 1080. The highest BCUT2D eigenvalue weighted by molar-refractivity contribution is 5.70. The van der Waals surface area contributed by atoms with E-state index < -0.39 is 6.10 Å². The molecule has 0 spiro atoms. The Labute approximate surface area is 425 Å². The van der Waals surface area contributed by atoms with E-state index in [1.54, 1.807) is 0 Å². The zero-order chi connectivity index (χ0) is 49.2. The molecular formula is C63H118O5. The summed E-state index contributed by atoms with van der Waals surface area (Å²) < 4.78 is 17.5. The van der Waals surface area contributed by atoms with Crippen molar-refractivity contribution in [2.75, 3.05) is 19.8 Å². The molecule has 1 atom stereocenters. The average molecular weight is 956 g/mol. The molecule has 400 valence electrons. The Balaban J connectivity index is 4.24. The fourth-order valence-corrected chi connectivity index (χ4v) is 9.07. The molecule has 0 unspecified atom stereocenters. The lowest BCUT2D eigenvalue weighted by Gasteiger charge is -2.18. The molecule has 0 saturated heterocycles. The summed E-state index contributed by atoms with van der Waals surface area (Å²) in [6, 6.07) is 0. The largest absolute Gasteiger partial charge is 0.462 e. The third-order valence-corrected chi connectivity index (χ3v) is 13.6. The molecule has 0 aromatic carbocycles. The summed E-state index contributed by atoms with van der Waals surface area (Å²) in [5.74, 6) is -0.387. The standard InChI is InChI=1S/C63H118O5/c1-4-7-10-13-16-19-22-25-28-31-32-34-36-39-42-45-48-51-54-57-63(65)68-61(59-66-58-55-52-49-46-43-40-37-30-27-24-21-18-15-12-9-6-3)60-67-62(64)56-53-50-47-44-41-38-35-33-29-26-23-20-17-14-11-8-5-2/h17,20,25-26,28-29,61H,4-16,18-19,21-24,27,30-60H2,1-3H3/b20-17-,28-25-,29-26-/t61-/m1/s1. The van der Waals surface area contributed by atoms with E-state index in [2.05, 4.69) is 57.2 Å². The van der Waals surface area contributed by atoms with Gasteiger partial charge in [0.15, 0.2) is 6.10 Å². The van der Waals surface area contributed by atoms with Crippen LogP contribution in [0.5, 0.6) is 0 Å². The first kappa shape index (κ1) is 66.1. The summed E-state index contributed by atoms with van der Waals surface area (Å²) >= 11 is 0. The number of hydrogen-bond acceptors (Lipinski definition) is 5. The Morgan fingerprint density at radius 2 is 0.618 bits per heavy atom. The molecule has 0 saturated carbocycles. The van der Waals surface area contributed by atoms with E-state index in [1.807, 2.05) is 0 Å². The molecule has 0 rings (SSSR count). The van der Waals surface area contributed by atoms with Crippen LogP contribution in [0.3, 0.4) is 0 Å². The monoisotopic (exact) mass is 955 g/mol. The molecule has 0 heterocycles. The molecule has 0 N–H and O–H groups in total. The molecule has 0 aliphatic heterocycles. The van der Waals surface area contributed by atoms with Crippen molar-refractivity contribution in [1.82, 2.24) is 0 Å². The summed E-state index contributed by atoms with van der Waals surface area (Å²) in [6.07, 6.45) is 73.1. The fraction of sp³-hybridized carbons (Fsp3) is 0.873. The van der Waals surface area contributed by atoms with Crippen molar-refractivity contribution in [2.45, 2.75) is 335 Å². The van der Waals surface area contributed by atoms with Crippen molar-refractivity contribution < 1.29 is 23.8 Å². The van der Waals surface area contributed by atoms with Gasteiger partial charge in [0.05, 0.1) is 6.61 Å². The lowest BCUT2D eigenvalue weighted by Crippen LogP contribution is -2.30. The van der Waals surface area contributed by atoms with Crippen molar-refractivity contribution in [1.29, 1.82) is 0 Å². The van der Waals surface area contributed by atoms with Crippen molar-refractivity contribution in [3.05, 3.63) is 36.5 Å². The first-order valence-electron chi connectivity index (χ1n) is 30.5. The topological polar surface area (TPSA) is 61.8 Å². The molecule has 0 radical (unpaired) electrons. The molecule has 0 fully saturated rings. The summed E-state index contributed by atoms with van der Waals surface area (Å²) in [4.78, 5) is 25.6. The smallest absolute Gasteiger partial charge is 0.306 e. The van der Waals surface area contributed by atoms with Gasteiger partial charge in [-0.25, -0.2) is 0 Å². The minimum absolute atomic E-state index is 0.0860. The number of carbonyl (C=O) groups is 2. The first-order valence-corrected chi connectivity index (χ1v) is 30.5. The molecule has 0 aromatic heterocycles. The van der Waals surface area contributed by atoms with Crippen LogP contribution in [-0.2, 0) is 23.8 Å². The second-order valence-corrected chi connectivity index (χ2v) is 20.6.